The number of hydrogen-bond acceptors (Lipinski definition) is 8. The first kappa shape index (κ1) is 30.0. The van der Waals surface area contributed by atoms with Crippen molar-refractivity contribution in [3.05, 3.63) is 88.3 Å². The van der Waals surface area contributed by atoms with Crippen molar-refractivity contribution < 1.29 is 23.5 Å². The molecule has 1 unspecified atom stereocenters. The van der Waals surface area contributed by atoms with E-state index in [1.807, 2.05) is 29.2 Å². The summed E-state index contributed by atoms with van der Waals surface area (Å²) in [5, 5.41) is 15.4. The number of piperazine rings is 1. The molecule has 2 aliphatic rings. The quantitative estimate of drug-likeness (QED) is 0.335. The second kappa shape index (κ2) is 13.2. The van der Waals surface area contributed by atoms with Gasteiger partial charge in [-0.05, 0) is 54.4 Å². The maximum Gasteiger partial charge on any atom is 0.293 e. The molecule has 9 nitrogen and oxygen atoms in total. The molecular formula is C30H34F2N6O3S. The van der Waals surface area contributed by atoms with Gasteiger partial charge in [-0.2, -0.15) is 5.10 Å². The lowest BCUT2D eigenvalue weighted by Gasteiger charge is -2.39. The summed E-state index contributed by atoms with van der Waals surface area (Å²) in [5.41, 5.74) is 0.465. The molecule has 1 atom stereocenters. The largest absolute Gasteiger partial charge is 0.382 e. The molecule has 2 aliphatic heterocycles. The van der Waals surface area contributed by atoms with Gasteiger partial charge in [0.25, 0.3) is 11.1 Å². The van der Waals surface area contributed by atoms with E-state index in [9.17, 15) is 23.5 Å². The Kier molecular flexibility index (Phi) is 9.47. The minimum Gasteiger partial charge on any atom is -0.382 e. The monoisotopic (exact) mass is 596 g/mol. The van der Waals surface area contributed by atoms with Crippen LogP contribution in [0.2, 0.25) is 0 Å². The van der Waals surface area contributed by atoms with E-state index in [2.05, 4.69) is 21.9 Å². The zero-order valence-corrected chi connectivity index (χ0v) is 24.3. The zero-order chi connectivity index (χ0) is 29.7. The van der Waals surface area contributed by atoms with Gasteiger partial charge in [-0.1, -0.05) is 37.3 Å². The number of aryl methyl sites for hydroxylation is 1. The van der Waals surface area contributed by atoms with E-state index in [-0.39, 0.29) is 29.8 Å². The van der Waals surface area contributed by atoms with Crippen LogP contribution in [0.15, 0.2) is 60.0 Å². The van der Waals surface area contributed by atoms with Crippen molar-refractivity contribution in [2.75, 3.05) is 45.8 Å². The van der Waals surface area contributed by atoms with E-state index in [0.29, 0.717) is 50.6 Å². The molecule has 2 amide bonds. The van der Waals surface area contributed by atoms with Crippen LogP contribution in [0.25, 0.3) is 6.08 Å². The highest BCUT2D eigenvalue weighted by Crippen LogP contribution is 2.32. The van der Waals surface area contributed by atoms with E-state index in [4.69, 9.17) is 0 Å². The third kappa shape index (κ3) is 7.12. The Bertz CT molecular complexity index is 1430. The highest BCUT2D eigenvalue weighted by molar-refractivity contribution is 8.18. The molecule has 12 heteroatoms. The molecule has 222 valence electrons. The highest BCUT2D eigenvalue weighted by Gasteiger charge is 2.37. The number of halogens is 2. The summed E-state index contributed by atoms with van der Waals surface area (Å²) in [6, 6.07) is 11.1. The Balaban J connectivity index is 1.12. The number of thioether (sulfide) groups is 1. The predicted octanol–water partition coefficient (Wildman–Crippen LogP) is 3.75. The Morgan fingerprint density at radius 2 is 1.74 bits per heavy atom. The van der Waals surface area contributed by atoms with Crippen LogP contribution in [-0.2, 0) is 23.4 Å². The molecular weight excluding hydrogens is 562 g/mol. The summed E-state index contributed by atoms with van der Waals surface area (Å²) in [6.45, 7) is 5.91. The SMILES string of the molecule is CCc1ccc(C=C2SC(=O)N(CCCN3CCN(CC(O)(Cn4cncn4)c4ccc(F)cc4F)CC3)C2=O)cc1. The zero-order valence-electron chi connectivity index (χ0n) is 23.5. The maximum absolute atomic E-state index is 14.7. The van der Waals surface area contributed by atoms with Crippen LogP contribution in [0, 0.1) is 11.6 Å². The lowest BCUT2D eigenvalue weighted by molar-refractivity contribution is -0.122. The van der Waals surface area contributed by atoms with Gasteiger partial charge in [-0.3, -0.25) is 19.4 Å². The Morgan fingerprint density at radius 3 is 2.40 bits per heavy atom. The van der Waals surface area contributed by atoms with Gasteiger partial charge in [0.15, 0.2) is 0 Å². The van der Waals surface area contributed by atoms with Crippen LogP contribution in [0.4, 0.5) is 13.6 Å². The van der Waals surface area contributed by atoms with Crippen molar-refractivity contribution in [2.24, 2.45) is 0 Å². The van der Waals surface area contributed by atoms with Gasteiger partial charge in [0, 0.05) is 50.9 Å². The average Bonchev–Trinajstić information content (AvgIpc) is 3.57. The van der Waals surface area contributed by atoms with Crippen LogP contribution in [0.1, 0.15) is 30.0 Å². The van der Waals surface area contributed by atoms with Crippen molar-refractivity contribution in [1.82, 2.24) is 29.5 Å². The molecule has 2 fully saturated rings. The number of hydrogen-bond donors (Lipinski definition) is 1. The van der Waals surface area contributed by atoms with Crippen molar-refractivity contribution in [1.29, 1.82) is 0 Å². The van der Waals surface area contributed by atoms with Gasteiger partial charge in [0.05, 0.1) is 11.4 Å². The molecule has 0 spiro atoms. The number of benzene rings is 2. The summed E-state index contributed by atoms with van der Waals surface area (Å²) in [6.07, 6.45) is 6.14. The standard InChI is InChI=1S/C30H34F2N6O3S/c1-2-22-4-6-23(7-5-22)16-27-28(39)38(29(40)42-27)11-3-10-35-12-14-36(15-13-35)18-30(41,19-37-21-33-20-34-37)25-9-8-24(31)17-26(25)32/h4-9,16-17,20-21,41H,2-3,10-15,18-19H2,1H3. The maximum atomic E-state index is 14.7. The van der Waals surface area contributed by atoms with Gasteiger partial charge in [-0.15, -0.1) is 0 Å². The second-order valence-corrected chi connectivity index (χ2v) is 11.6. The fourth-order valence-electron chi connectivity index (χ4n) is 5.36. The summed E-state index contributed by atoms with van der Waals surface area (Å²) in [7, 11) is 0. The summed E-state index contributed by atoms with van der Waals surface area (Å²) >= 11 is 0.976. The van der Waals surface area contributed by atoms with E-state index >= 15 is 0 Å². The number of β-amino-alcohol motifs (C(OH)–C–C–N with tert-alkyl or cyclic N) is 1. The van der Waals surface area contributed by atoms with Gasteiger partial charge in [-0.25, -0.2) is 18.4 Å². The summed E-state index contributed by atoms with van der Waals surface area (Å²) < 4.78 is 29.8. The third-order valence-corrected chi connectivity index (χ3v) is 8.60. The molecule has 1 N–H and O–H groups in total. The van der Waals surface area contributed by atoms with E-state index in [0.717, 1.165) is 35.9 Å². The smallest absolute Gasteiger partial charge is 0.293 e. The minimum atomic E-state index is -1.65. The Labute approximate surface area is 247 Å². The first-order valence-electron chi connectivity index (χ1n) is 14.0. The second-order valence-electron chi connectivity index (χ2n) is 10.6. The number of amides is 2. The molecule has 3 heterocycles. The molecule has 2 saturated heterocycles. The van der Waals surface area contributed by atoms with Crippen LogP contribution in [0.5, 0.6) is 0 Å². The molecule has 0 radical (unpaired) electrons. The van der Waals surface area contributed by atoms with Gasteiger partial charge < -0.3 is 10.0 Å². The Hall–Kier alpha value is -3.45. The lowest BCUT2D eigenvalue weighted by atomic mass is 9.92. The molecule has 0 aliphatic carbocycles. The first-order valence-corrected chi connectivity index (χ1v) is 14.8. The topological polar surface area (TPSA) is 94.8 Å². The van der Waals surface area contributed by atoms with Crippen LogP contribution < -0.4 is 0 Å². The number of carbonyl (C=O) groups is 2. The third-order valence-electron chi connectivity index (χ3n) is 7.69. The molecule has 42 heavy (non-hydrogen) atoms. The summed E-state index contributed by atoms with van der Waals surface area (Å²) in [5.74, 6) is -1.78. The average molecular weight is 597 g/mol. The molecule has 3 aromatic rings. The van der Waals surface area contributed by atoms with Crippen molar-refractivity contribution in [2.45, 2.75) is 31.9 Å². The normalized spacial score (nSPS) is 19.1. The molecule has 0 saturated carbocycles. The number of aromatic nitrogens is 3. The number of imide groups is 1. The molecule has 0 bridgehead atoms. The number of aliphatic hydroxyl groups is 1. The first-order chi connectivity index (χ1) is 20.2. The lowest BCUT2D eigenvalue weighted by Crippen LogP contribution is -2.52. The van der Waals surface area contributed by atoms with E-state index < -0.39 is 17.2 Å². The fraction of sp³-hybridized carbons (Fsp3) is 0.400. The van der Waals surface area contributed by atoms with Crippen LogP contribution in [-0.4, -0.2) is 91.5 Å². The van der Waals surface area contributed by atoms with E-state index in [1.165, 1.54) is 33.9 Å². The fourth-order valence-corrected chi connectivity index (χ4v) is 6.22. The number of carbonyl (C=O) groups excluding carboxylic acids is 2. The van der Waals surface area contributed by atoms with Crippen molar-refractivity contribution >= 4 is 29.0 Å². The van der Waals surface area contributed by atoms with Gasteiger partial charge >= 0.3 is 0 Å². The number of rotatable bonds is 11. The molecule has 2 aromatic carbocycles. The van der Waals surface area contributed by atoms with Crippen molar-refractivity contribution in [3.8, 4) is 0 Å². The minimum absolute atomic E-state index is 0.00559. The highest BCUT2D eigenvalue weighted by atomic mass is 32.2. The Morgan fingerprint density at radius 1 is 1.00 bits per heavy atom. The number of nitrogens with zero attached hydrogens (tertiary/aromatic N) is 6. The van der Waals surface area contributed by atoms with E-state index in [1.54, 1.807) is 6.08 Å². The van der Waals surface area contributed by atoms with Gasteiger partial charge in [0.1, 0.15) is 29.9 Å². The summed E-state index contributed by atoms with van der Waals surface area (Å²) in [4.78, 5) is 35.4. The predicted molar refractivity (Wildman–Crippen MR) is 156 cm³/mol. The van der Waals surface area contributed by atoms with Crippen molar-refractivity contribution in [3.63, 3.8) is 0 Å². The molecule has 1 aromatic heterocycles. The van der Waals surface area contributed by atoms with Gasteiger partial charge in [0.2, 0.25) is 0 Å². The van der Waals surface area contributed by atoms with Crippen LogP contribution >= 0.6 is 11.8 Å². The molecule has 5 rings (SSSR count). The van der Waals surface area contributed by atoms with Crippen LogP contribution in [0.3, 0.4) is 0 Å².